The number of carbonyl (C=O) groups excluding carboxylic acids is 3. The fourth-order valence-electron chi connectivity index (χ4n) is 3.88. The molecule has 9 heteroatoms. The van der Waals surface area contributed by atoms with Gasteiger partial charge in [-0.1, -0.05) is 48.0 Å². The van der Waals surface area contributed by atoms with E-state index < -0.39 is 17.6 Å². The number of hydrogen-bond acceptors (Lipinski definition) is 5. The zero-order valence-corrected chi connectivity index (χ0v) is 23.4. The second-order valence-corrected chi connectivity index (χ2v) is 9.26. The Labute approximate surface area is 247 Å². The summed E-state index contributed by atoms with van der Waals surface area (Å²) in [4.78, 5) is 38.8. The Morgan fingerprint density at radius 3 is 2.19 bits per heavy atom. The first kappa shape index (κ1) is 29.8. The van der Waals surface area contributed by atoms with E-state index in [0.717, 1.165) is 5.56 Å². The molecule has 0 aliphatic heterocycles. The van der Waals surface area contributed by atoms with E-state index in [4.69, 9.17) is 21.1 Å². The number of nitrogens with one attached hydrogen (secondary N) is 2. The second kappa shape index (κ2) is 13.9. The van der Waals surface area contributed by atoms with Crippen molar-refractivity contribution in [3.63, 3.8) is 0 Å². The molecule has 0 heterocycles. The van der Waals surface area contributed by atoms with Gasteiger partial charge in [-0.05, 0) is 78.4 Å². The number of benzene rings is 4. The van der Waals surface area contributed by atoms with Crippen molar-refractivity contribution in [2.45, 2.75) is 0 Å². The third-order valence-electron chi connectivity index (χ3n) is 6.08. The molecule has 4 aromatic rings. The summed E-state index contributed by atoms with van der Waals surface area (Å²) in [6.45, 7) is 0. The molecule has 0 saturated heterocycles. The quantitative estimate of drug-likeness (QED) is 0.158. The van der Waals surface area contributed by atoms with Crippen molar-refractivity contribution in [1.29, 1.82) is 0 Å². The van der Waals surface area contributed by atoms with Crippen molar-refractivity contribution in [3.05, 3.63) is 136 Å². The molecule has 2 amide bonds. The second-order valence-electron chi connectivity index (χ2n) is 8.86. The van der Waals surface area contributed by atoms with Gasteiger partial charge in [0.1, 0.15) is 11.5 Å². The van der Waals surface area contributed by atoms with E-state index in [1.54, 1.807) is 86.0 Å². The van der Waals surface area contributed by atoms with E-state index >= 15 is 0 Å². The molecule has 2 N–H and O–H groups in total. The van der Waals surface area contributed by atoms with E-state index in [1.165, 1.54) is 37.5 Å². The average Bonchev–Trinajstić information content (AvgIpc) is 3.01. The smallest absolute Gasteiger partial charge is 0.272 e. The van der Waals surface area contributed by atoms with Crippen molar-refractivity contribution >= 4 is 47.0 Å². The summed E-state index contributed by atoms with van der Waals surface area (Å²) in [6, 6.07) is 23.8. The lowest BCUT2D eigenvalue weighted by atomic mass is 10.1. The summed E-state index contributed by atoms with van der Waals surface area (Å²) in [5.41, 5.74) is 1.50. The third kappa shape index (κ3) is 7.50. The number of methoxy groups -OCH3 is 2. The molecule has 7 nitrogen and oxygen atoms in total. The summed E-state index contributed by atoms with van der Waals surface area (Å²) in [6.07, 6.45) is 4.25. The summed E-state index contributed by atoms with van der Waals surface area (Å²) in [5, 5.41) is 5.27. The van der Waals surface area contributed by atoms with Crippen LogP contribution in [0.1, 0.15) is 31.8 Å². The molecule has 4 rings (SSSR count). The van der Waals surface area contributed by atoms with Crippen molar-refractivity contribution < 1.29 is 28.2 Å². The molecule has 0 aromatic heterocycles. The van der Waals surface area contributed by atoms with Crippen LogP contribution in [0.2, 0.25) is 5.02 Å². The van der Waals surface area contributed by atoms with Crippen molar-refractivity contribution in [2.75, 3.05) is 19.5 Å². The Hall–Kier alpha value is -5.21. The number of ether oxygens (including phenoxy) is 2. The summed E-state index contributed by atoms with van der Waals surface area (Å²) in [7, 11) is 3.07. The highest BCUT2D eigenvalue weighted by molar-refractivity contribution is 6.32. The zero-order chi connectivity index (χ0) is 30.1. The highest BCUT2D eigenvalue weighted by atomic mass is 35.5. The highest BCUT2D eigenvalue weighted by Gasteiger charge is 2.17. The minimum atomic E-state index is -0.717. The lowest BCUT2D eigenvalue weighted by molar-refractivity contribution is -0.113. The van der Waals surface area contributed by atoms with Crippen molar-refractivity contribution in [2.24, 2.45) is 0 Å². The summed E-state index contributed by atoms with van der Waals surface area (Å²) < 4.78 is 25.0. The van der Waals surface area contributed by atoms with Crippen LogP contribution in [0.4, 0.5) is 10.1 Å². The third-order valence-corrected chi connectivity index (χ3v) is 6.41. The highest BCUT2D eigenvalue weighted by Crippen LogP contribution is 2.28. The largest absolute Gasteiger partial charge is 0.493 e. The fraction of sp³-hybridized carbons (Fsp3) is 0.0606. The molecule has 0 aliphatic carbocycles. The van der Waals surface area contributed by atoms with Crippen LogP contribution in [0.3, 0.4) is 0 Å². The van der Waals surface area contributed by atoms with Gasteiger partial charge in [-0.25, -0.2) is 4.39 Å². The molecule has 0 saturated carbocycles. The van der Waals surface area contributed by atoms with Gasteiger partial charge in [0.15, 0.2) is 17.3 Å². The first-order valence-corrected chi connectivity index (χ1v) is 13.0. The Bertz CT molecular complexity index is 1650. The molecular weight excluding hydrogens is 559 g/mol. The van der Waals surface area contributed by atoms with E-state index in [0.29, 0.717) is 28.3 Å². The summed E-state index contributed by atoms with van der Waals surface area (Å²) >= 11 is 6.15. The number of rotatable bonds is 10. The van der Waals surface area contributed by atoms with E-state index in [-0.39, 0.29) is 22.1 Å². The van der Waals surface area contributed by atoms with E-state index in [9.17, 15) is 18.8 Å². The molecule has 0 spiro atoms. The number of anilines is 1. The fourth-order valence-corrected chi connectivity index (χ4v) is 4.09. The predicted octanol–water partition coefficient (Wildman–Crippen LogP) is 6.80. The number of halogens is 2. The zero-order valence-electron chi connectivity index (χ0n) is 22.7. The Morgan fingerprint density at radius 1 is 0.810 bits per heavy atom. The molecule has 212 valence electrons. The standard InChI is InChI=1S/C33H26ClFN2O5/c1-41-30-18-12-21(19-31(30)42-2)11-17-29(38)22-13-15-24(16-14-22)36-33(40)28(20-25-26(34)9-6-10-27(25)35)37-32(39)23-7-4-3-5-8-23/h3-20H,1-2H3,(H,36,40)(H,37,39)/b17-11+,28-20-. The van der Waals surface area contributed by atoms with Gasteiger partial charge in [-0.3, -0.25) is 14.4 Å². The van der Waals surface area contributed by atoms with Crippen LogP contribution >= 0.6 is 11.6 Å². The van der Waals surface area contributed by atoms with Crippen LogP contribution < -0.4 is 20.1 Å². The number of hydrogen-bond donors (Lipinski definition) is 2. The Kier molecular flexibility index (Phi) is 9.86. The number of ketones is 1. The molecule has 4 aromatic carbocycles. The first-order valence-electron chi connectivity index (χ1n) is 12.7. The minimum absolute atomic E-state index is 0.0557. The van der Waals surface area contributed by atoms with Crippen LogP contribution in [0.15, 0.2) is 103 Å². The van der Waals surface area contributed by atoms with Crippen LogP contribution in [0.25, 0.3) is 12.2 Å². The predicted molar refractivity (Wildman–Crippen MR) is 161 cm³/mol. The molecule has 0 aliphatic rings. The Balaban J connectivity index is 1.51. The van der Waals surface area contributed by atoms with Gasteiger partial charge in [-0.2, -0.15) is 0 Å². The molecule has 0 unspecified atom stereocenters. The number of amides is 2. The number of carbonyl (C=O) groups is 3. The maximum atomic E-state index is 14.5. The minimum Gasteiger partial charge on any atom is -0.493 e. The van der Waals surface area contributed by atoms with Crippen LogP contribution in [0.5, 0.6) is 11.5 Å². The molecule has 0 bridgehead atoms. The molecular formula is C33H26ClFN2O5. The van der Waals surface area contributed by atoms with Crippen molar-refractivity contribution in [3.8, 4) is 11.5 Å². The van der Waals surface area contributed by atoms with Gasteiger partial charge in [0.25, 0.3) is 11.8 Å². The van der Waals surface area contributed by atoms with Gasteiger partial charge in [0, 0.05) is 22.4 Å². The van der Waals surface area contributed by atoms with Crippen LogP contribution in [0, 0.1) is 5.82 Å². The van der Waals surface area contributed by atoms with Gasteiger partial charge < -0.3 is 20.1 Å². The van der Waals surface area contributed by atoms with Gasteiger partial charge >= 0.3 is 0 Å². The lowest BCUT2D eigenvalue weighted by Gasteiger charge is -2.12. The number of allylic oxidation sites excluding steroid dienone is 1. The normalized spacial score (nSPS) is 11.2. The molecule has 0 fully saturated rings. The monoisotopic (exact) mass is 584 g/mol. The maximum Gasteiger partial charge on any atom is 0.272 e. The molecule has 0 radical (unpaired) electrons. The summed E-state index contributed by atoms with van der Waals surface area (Å²) in [5.74, 6) is -1.08. The van der Waals surface area contributed by atoms with Gasteiger partial charge in [-0.15, -0.1) is 0 Å². The van der Waals surface area contributed by atoms with E-state index in [2.05, 4.69) is 10.6 Å². The van der Waals surface area contributed by atoms with E-state index in [1.807, 2.05) is 0 Å². The van der Waals surface area contributed by atoms with Crippen molar-refractivity contribution in [1.82, 2.24) is 5.32 Å². The lowest BCUT2D eigenvalue weighted by Crippen LogP contribution is -2.30. The van der Waals surface area contributed by atoms with Crippen LogP contribution in [-0.4, -0.2) is 31.8 Å². The van der Waals surface area contributed by atoms with Gasteiger partial charge in [0.05, 0.1) is 19.2 Å². The Morgan fingerprint density at radius 2 is 1.52 bits per heavy atom. The maximum absolute atomic E-state index is 14.5. The average molecular weight is 585 g/mol. The first-order chi connectivity index (χ1) is 20.3. The topological polar surface area (TPSA) is 93.7 Å². The molecule has 0 atom stereocenters. The SMILES string of the molecule is COc1ccc(/C=C/C(=O)c2ccc(NC(=O)/C(=C/c3c(F)cccc3Cl)NC(=O)c3ccccc3)cc2)cc1OC. The van der Waals surface area contributed by atoms with Gasteiger partial charge in [0.2, 0.25) is 0 Å². The molecule has 42 heavy (non-hydrogen) atoms. The van der Waals surface area contributed by atoms with Crippen LogP contribution in [-0.2, 0) is 4.79 Å².